The number of fused-ring (bicyclic) bond motifs is 1. The average molecular weight is 205 g/mol. The molecule has 0 radical (unpaired) electrons. The molecular weight excluding hydrogens is 189 g/mol. The predicted molar refractivity (Wildman–Crippen MR) is 58.5 cm³/mol. The molecule has 1 aromatic rings. The maximum atomic E-state index is 13.5. The lowest BCUT2D eigenvalue weighted by molar-refractivity contribution is 0.486. The van der Waals surface area contributed by atoms with Gasteiger partial charge in [0, 0.05) is 6.04 Å². The zero-order valence-corrected chi connectivity index (χ0v) is 8.80. The van der Waals surface area contributed by atoms with E-state index in [1.54, 1.807) is 6.07 Å². The smallest absolute Gasteiger partial charge is 0.126 e. The maximum absolute atomic E-state index is 13.5. The Kier molecular flexibility index (Phi) is 2.24. The summed E-state index contributed by atoms with van der Waals surface area (Å²) in [7, 11) is 0. The minimum atomic E-state index is -0.00648. The van der Waals surface area contributed by atoms with Gasteiger partial charge in [-0.05, 0) is 55.3 Å². The molecule has 2 atom stereocenters. The lowest BCUT2D eigenvalue weighted by atomic mass is 9.92. The largest absolute Gasteiger partial charge is 0.313 e. The molecule has 1 aliphatic heterocycles. The van der Waals surface area contributed by atoms with E-state index in [2.05, 4.69) is 11.4 Å². The number of rotatable bonds is 1. The Morgan fingerprint density at radius 1 is 1.27 bits per heavy atom. The van der Waals surface area contributed by atoms with Gasteiger partial charge in [-0.2, -0.15) is 0 Å². The molecule has 1 aromatic carbocycles. The van der Waals surface area contributed by atoms with Crippen molar-refractivity contribution in [1.29, 1.82) is 0 Å². The molecule has 0 unspecified atom stereocenters. The van der Waals surface area contributed by atoms with E-state index in [1.165, 1.54) is 18.4 Å². The second kappa shape index (κ2) is 3.60. The molecule has 0 amide bonds. The van der Waals surface area contributed by atoms with E-state index >= 15 is 0 Å². The molecule has 2 aliphatic rings. The zero-order chi connectivity index (χ0) is 10.3. The Morgan fingerprint density at radius 2 is 2.20 bits per heavy atom. The summed E-state index contributed by atoms with van der Waals surface area (Å²) in [6, 6.07) is 6.13. The van der Waals surface area contributed by atoms with Gasteiger partial charge in [-0.3, -0.25) is 0 Å². The monoisotopic (exact) mass is 205 g/mol. The maximum Gasteiger partial charge on any atom is 0.126 e. The highest BCUT2D eigenvalue weighted by Gasteiger charge is 2.32. The minimum absolute atomic E-state index is 0.00648. The van der Waals surface area contributed by atoms with Gasteiger partial charge in [-0.1, -0.05) is 12.1 Å². The van der Waals surface area contributed by atoms with Gasteiger partial charge in [0.15, 0.2) is 0 Å². The molecule has 1 nitrogen and oxygen atoms in total. The van der Waals surface area contributed by atoms with Crippen LogP contribution in [-0.2, 0) is 6.42 Å². The third-order valence-corrected chi connectivity index (χ3v) is 3.84. The molecule has 0 bridgehead atoms. The Balaban J connectivity index is 1.94. The molecule has 80 valence electrons. The highest BCUT2D eigenvalue weighted by molar-refractivity contribution is 5.37. The van der Waals surface area contributed by atoms with Gasteiger partial charge >= 0.3 is 0 Å². The van der Waals surface area contributed by atoms with Gasteiger partial charge in [-0.15, -0.1) is 0 Å². The number of hydrogen-bond acceptors (Lipinski definition) is 1. The summed E-state index contributed by atoms with van der Waals surface area (Å²) in [5.41, 5.74) is 2.23. The first-order chi connectivity index (χ1) is 7.36. The lowest BCUT2D eigenvalue weighted by Gasteiger charge is -2.19. The molecule has 1 heterocycles. The fourth-order valence-corrected chi connectivity index (χ4v) is 3.11. The Morgan fingerprint density at radius 3 is 3.00 bits per heavy atom. The molecule has 0 spiro atoms. The summed E-state index contributed by atoms with van der Waals surface area (Å²) >= 11 is 0. The van der Waals surface area contributed by atoms with Crippen LogP contribution >= 0.6 is 0 Å². The van der Waals surface area contributed by atoms with Crippen molar-refractivity contribution in [3.8, 4) is 0 Å². The van der Waals surface area contributed by atoms with Gasteiger partial charge in [0.05, 0.1) is 0 Å². The first-order valence-corrected chi connectivity index (χ1v) is 5.87. The van der Waals surface area contributed by atoms with Crippen molar-refractivity contribution in [1.82, 2.24) is 5.32 Å². The third-order valence-electron chi connectivity index (χ3n) is 3.84. The van der Waals surface area contributed by atoms with E-state index in [0.717, 1.165) is 24.9 Å². The quantitative estimate of drug-likeness (QED) is 0.743. The van der Waals surface area contributed by atoms with Crippen LogP contribution in [0.15, 0.2) is 18.2 Å². The molecule has 1 aliphatic carbocycles. The van der Waals surface area contributed by atoms with Crippen molar-refractivity contribution in [2.75, 3.05) is 6.54 Å². The lowest BCUT2D eigenvalue weighted by Crippen LogP contribution is -2.27. The number of nitrogens with one attached hydrogen (secondary N) is 1. The van der Waals surface area contributed by atoms with Gasteiger partial charge in [-0.25, -0.2) is 4.39 Å². The number of hydrogen-bond donors (Lipinski definition) is 1. The van der Waals surface area contributed by atoms with Crippen LogP contribution in [0, 0.1) is 5.82 Å². The van der Waals surface area contributed by atoms with Crippen LogP contribution in [0.3, 0.4) is 0 Å². The molecule has 1 N–H and O–H groups in total. The summed E-state index contributed by atoms with van der Waals surface area (Å²) in [5.74, 6) is 0.547. The molecule has 0 aromatic heterocycles. The molecule has 0 saturated carbocycles. The summed E-state index contributed by atoms with van der Waals surface area (Å²) in [6.45, 7) is 1.13. The van der Waals surface area contributed by atoms with Crippen molar-refractivity contribution in [2.24, 2.45) is 0 Å². The van der Waals surface area contributed by atoms with E-state index in [-0.39, 0.29) is 5.82 Å². The topological polar surface area (TPSA) is 12.0 Å². The van der Waals surface area contributed by atoms with Crippen LogP contribution in [0.4, 0.5) is 4.39 Å². The van der Waals surface area contributed by atoms with Crippen molar-refractivity contribution in [3.63, 3.8) is 0 Å². The van der Waals surface area contributed by atoms with Crippen molar-refractivity contribution in [2.45, 2.75) is 37.6 Å². The van der Waals surface area contributed by atoms with Crippen LogP contribution in [0.1, 0.15) is 36.3 Å². The summed E-state index contributed by atoms with van der Waals surface area (Å²) in [5, 5.41) is 3.54. The van der Waals surface area contributed by atoms with Gasteiger partial charge in [0.25, 0.3) is 0 Å². The molecule has 15 heavy (non-hydrogen) atoms. The Labute approximate surface area is 89.7 Å². The van der Waals surface area contributed by atoms with Crippen LogP contribution in [0.2, 0.25) is 0 Å². The van der Waals surface area contributed by atoms with Gasteiger partial charge in [0.1, 0.15) is 5.82 Å². The molecule has 3 rings (SSSR count). The van der Waals surface area contributed by atoms with Crippen LogP contribution < -0.4 is 5.32 Å². The molecule has 1 fully saturated rings. The summed E-state index contributed by atoms with van der Waals surface area (Å²) in [6.07, 6.45) is 4.56. The van der Waals surface area contributed by atoms with Crippen LogP contribution in [0.5, 0.6) is 0 Å². The van der Waals surface area contributed by atoms with E-state index in [1.807, 2.05) is 6.07 Å². The van der Waals surface area contributed by atoms with Gasteiger partial charge < -0.3 is 5.32 Å². The normalized spacial score (nSPS) is 29.4. The third kappa shape index (κ3) is 1.48. The van der Waals surface area contributed by atoms with E-state index in [0.29, 0.717) is 12.0 Å². The van der Waals surface area contributed by atoms with Crippen molar-refractivity contribution >= 4 is 0 Å². The molecule has 1 saturated heterocycles. The standard InChI is InChI=1S/C13H16FN/c14-12-4-1-3-9-10(12)6-7-11(9)13-5-2-8-15-13/h1,3-4,11,13,15H,2,5-8H2/t11-,13+/m0/s1. The van der Waals surface area contributed by atoms with Gasteiger partial charge in [0.2, 0.25) is 0 Å². The first kappa shape index (κ1) is 9.34. The molecule has 2 heteroatoms. The predicted octanol–water partition coefficient (Wildman–Crippen LogP) is 2.61. The second-order valence-electron chi connectivity index (χ2n) is 4.66. The number of halogens is 1. The second-order valence-corrected chi connectivity index (χ2v) is 4.66. The fourth-order valence-electron chi connectivity index (χ4n) is 3.11. The van der Waals surface area contributed by atoms with E-state index in [4.69, 9.17) is 0 Å². The average Bonchev–Trinajstić information content (AvgIpc) is 2.85. The first-order valence-electron chi connectivity index (χ1n) is 5.87. The van der Waals surface area contributed by atoms with Crippen LogP contribution in [0.25, 0.3) is 0 Å². The SMILES string of the molecule is Fc1cccc2c1CC[C@@H]2[C@H]1CCCN1. The van der Waals surface area contributed by atoms with Crippen molar-refractivity contribution < 1.29 is 4.39 Å². The highest BCUT2D eigenvalue weighted by Crippen LogP contribution is 2.38. The minimum Gasteiger partial charge on any atom is -0.313 e. The summed E-state index contributed by atoms with van der Waals surface area (Å²) in [4.78, 5) is 0. The Hall–Kier alpha value is -0.890. The van der Waals surface area contributed by atoms with E-state index in [9.17, 15) is 4.39 Å². The summed E-state index contributed by atoms with van der Waals surface area (Å²) < 4.78 is 13.5. The van der Waals surface area contributed by atoms with Crippen LogP contribution in [-0.4, -0.2) is 12.6 Å². The highest BCUT2D eigenvalue weighted by atomic mass is 19.1. The molecular formula is C13H16FN. The number of benzene rings is 1. The Bertz CT molecular complexity index is 369. The zero-order valence-electron chi connectivity index (χ0n) is 8.80. The fraction of sp³-hybridized carbons (Fsp3) is 0.538. The van der Waals surface area contributed by atoms with Crippen molar-refractivity contribution in [3.05, 3.63) is 35.1 Å². The van der Waals surface area contributed by atoms with E-state index < -0.39 is 0 Å².